The van der Waals surface area contributed by atoms with Crippen LogP contribution in [0, 0.1) is 0 Å². The van der Waals surface area contributed by atoms with E-state index in [1.807, 2.05) is 32.0 Å². The van der Waals surface area contributed by atoms with Crippen molar-refractivity contribution in [3.05, 3.63) is 23.2 Å². The van der Waals surface area contributed by atoms with Gasteiger partial charge in [0, 0.05) is 11.6 Å². The standard InChI is InChI=1S/C12H14ClN3OS2/c1-3-14-11(17)15-7(2)18-12-16-9-6-8(13)4-5-10(9)19-12/h4-7H,3H2,1-2H3,(H2,14,15,17). The number of nitrogens with one attached hydrogen (secondary N) is 2. The van der Waals surface area contributed by atoms with Gasteiger partial charge in [0.2, 0.25) is 0 Å². The number of benzene rings is 1. The van der Waals surface area contributed by atoms with Crippen molar-refractivity contribution in [2.45, 2.75) is 23.6 Å². The van der Waals surface area contributed by atoms with Crippen LogP contribution in [0.25, 0.3) is 10.2 Å². The zero-order valence-corrected chi connectivity index (χ0v) is 13.0. The summed E-state index contributed by atoms with van der Waals surface area (Å²) in [6.07, 6.45) is 0. The summed E-state index contributed by atoms with van der Waals surface area (Å²) in [5.41, 5.74) is 0.894. The van der Waals surface area contributed by atoms with Gasteiger partial charge in [-0.3, -0.25) is 0 Å². The number of fused-ring (bicyclic) bond motifs is 1. The van der Waals surface area contributed by atoms with Crippen LogP contribution in [-0.2, 0) is 0 Å². The number of hydrogen-bond acceptors (Lipinski definition) is 4. The molecule has 19 heavy (non-hydrogen) atoms. The zero-order chi connectivity index (χ0) is 13.8. The normalized spacial score (nSPS) is 12.4. The number of thioether (sulfide) groups is 1. The molecule has 0 aliphatic heterocycles. The Hall–Kier alpha value is -0.980. The predicted octanol–water partition coefficient (Wildman–Crippen LogP) is 3.71. The summed E-state index contributed by atoms with van der Waals surface area (Å²) in [5, 5.41) is 6.18. The lowest BCUT2D eigenvalue weighted by Crippen LogP contribution is -2.39. The van der Waals surface area contributed by atoms with Crippen LogP contribution in [0.3, 0.4) is 0 Å². The van der Waals surface area contributed by atoms with Gasteiger partial charge < -0.3 is 10.6 Å². The Labute approximate surface area is 124 Å². The fraction of sp³-hybridized carbons (Fsp3) is 0.333. The minimum absolute atomic E-state index is 0.0393. The van der Waals surface area contributed by atoms with Crippen LogP contribution in [0.4, 0.5) is 4.79 Å². The van der Waals surface area contributed by atoms with Crippen molar-refractivity contribution >= 4 is 50.9 Å². The highest BCUT2D eigenvalue weighted by Crippen LogP contribution is 2.32. The molecule has 0 bridgehead atoms. The SMILES string of the molecule is CCNC(=O)NC(C)Sc1nc2cc(Cl)ccc2s1. The molecule has 2 rings (SSSR count). The molecule has 1 aromatic carbocycles. The van der Waals surface area contributed by atoms with Gasteiger partial charge in [-0.2, -0.15) is 0 Å². The molecule has 4 nitrogen and oxygen atoms in total. The maximum absolute atomic E-state index is 11.4. The van der Waals surface area contributed by atoms with Gasteiger partial charge in [-0.05, 0) is 32.0 Å². The summed E-state index contributed by atoms with van der Waals surface area (Å²) >= 11 is 9.05. The van der Waals surface area contributed by atoms with Gasteiger partial charge in [-0.15, -0.1) is 11.3 Å². The molecule has 0 radical (unpaired) electrons. The molecule has 1 atom stereocenters. The highest BCUT2D eigenvalue weighted by molar-refractivity contribution is 8.01. The Morgan fingerprint density at radius 3 is 3.11 bits per heavy atom. The summed E-state index contributed by atoms with van der Waals surface area (Å²) in [7, 11) is 0. The van der Waals surface area contributed by atoms with E-state index in [4.69, 9.17) is 11.6 Å². The number of nitrogens with zero attached hydrogens (tertiary/aromatic N) is 1. The average molecular weight is 316 g/mol. The van der Waals surface area contributed by atoms with Gasteiger partial charge in [0.1, 0.15) is 0 Å². The fourth-order valence-electron chi connectivity index (χ4n) is 1.51. The summed E-state index contributed by atoms with van der Waals surface area (Å²) in [4.78, 5) is 15.9. The summed E-state index contributed by atoms with van der Waals surface area (Å²) < 4.78 is 2.01. The number of carbonyl (C=O) groups excluding carboxylic acids is 1. The number of aromatic nitrogens is 1. The van der Waals surface area contributed by atoms with Gasteiger partial charge in [-0.25, -0.2) is 9.78 Å². The second kappa shape index (κ2) is 6.45. The lowest BCUT2D eigenvalue weighted by atomic mass is 10.3. The van der Waals surface area contributed by atoms with Crippen LogP contribution in [0.15, 0.2) is 22.5 Å². The van der Waals surface area contributed by atoms with E-state index >= 15 is 0 Å². The molecule has 0 spiro atoms. The molecule has 1 aromatic heterocycles. The fourth-order valence-corrected chi connectivity index (χ4v) is 3.86. The van der Waals surface area contributed by atoms with Crippen molar-refractivity contribution in [1.82, 2.24) is 15.6 Å². The second-order valence-corrected chi connectivity index (χ2v) is 6.91. The summed E-state index contributed by atoms with van der Waals surface area (Å²) in [6, 6.07) is 5.50. The van der Waals surface area contributed by atoms with Gasteiger partial charge in [0.05, 0.1) is 15.6 Å². The molecular weight excluding hydrogens is 302 g/mol. The predicted molar refractivity (Wildman–Crippen MR) is 82.2 cm³/mol. The monoisotopic (exact) mass is 315 g/mol. The van der Waals surface area contributed by atoms with Crippen LogP contribution >= 0.6 is 34.7 Å². The van der Waals surface area contributed by atoms with E-state index in [0.717, 1.165) is 14.6 Å². The highest BCUT2D eigenvalue weighted by atomic mass is 35.5. The minimum atomic E-state index is -0.161. The number of carbonyl (C=O) groups is 1. The molecule has 2 aromatic rings. The number of halogens is 1. The first-order valence-corrected chi connectivity index (χ1v) is 7.93. The lowest BCUT2D eigenvalue weighted by Gasteiger charge is -2.11. The van der Waals surface area contributed by atoms with E-state index in [1.165, 1.54) is 11.8 Å². The van der Waals surface area contributed by atoms with E-state index in [-0.39, 0.29) is 11.4 Å². The third kappa shape index (κ3) is 3.99. The Kier molecular flexibility index (Phi) is 4.90. The molecule has 0 fully saturated rings. The van der Waals surface area contributed by atoms with Gasteiger partial charge >= 0.3 is 6.03 Å². The van der Waals surface area contributed by atoms with Crippen molar-refractivity contribution in [3.8, 4) is 0 Å². The van der Waals surface area contributed by atoms with Crippen LogP contribution in [0.1, 0.15) is 13.8 Å². The van der Waals surface area contributed by atoms with E-state index in [0.29, 0.717) is 11.6 Å². The summed E-state index contributed by atoms with van der Waals surface area (Å²) in [6.45, 7) is 4.43. The van der Waals surface area contributed by atoms with Crippen molar-refractivity contribution in [2.75, 3.05) is 6.54 Å². The topological polar surface area (TPSA) is 54.0 Å². The van der Waals surface area contributed by atoms with E-state index in [2.05, 4.69) is 15.6 Å². The molecular formula is C12H14ClN3OS2. The lowest BCUT2D eigenvalue weighted by molar-refractivity contribution is 0.241. The van der Waals surface area contributed by atoms with Crippen molar-refractivity contribution < 1.29 is 4.79 Å². The van der Waals surface area contributed by atoms with Gasteiger partial charge in [0.25, 0.3) is 0 Å². The number of hydrogen-bond donors (Lipinski definition) is 2. The molecule has 1 unspecified atom stereocenters. The zero-order valence-electron chi connectivity index (χ0n) is 10.6. The first kappa shape index (κ1) is 14.4. The highest BCUT2D eigenvalue weighted by Gasteiger charge is 2.11. The van der Waals surface area contributed by atoms with Crippen molar-refractivity contribution in [1.29, 1.82) is 0 Å². The van der Waals surface area contributed by atoms with Crippen LogP contribution in [0.5, 0.6) is 0 Å². The van der Waals surface area contributed by atoms with Crippen LogP contribution in [0.2, 0.25) is 5.02 Å². The molecule has 0 aliphatic carbocycles. The maximum atomic E-state index is 11.4. The average Bonchev–Trinajstić information content (AvgIpc) is 2.70. The molecule has 7 heteroatoms. The van der Waals surface area contributed by atoms with Crippen molar-refractivity contribution in [3.63, 3.8) is 0 Å². The van der Waals surface area contributed by atoms with Crippen LogP contribution in [-0.4, -0.2) is 22.9 Å². The minimum Gasteiger partial charge on any atom is -0.338 e. The van der Waals surface area contributed by atoms with E-state index in [1.54, 1.807) is 11.3 Å². The number of rotatable bonds is 4. The quantitative estimate of drug-likeness (QED) is 0.668. The summed E-state index contributed by atoms with van der Waals surface area (Å²) in [5.74, 6) is 0. The third-order valence-corrected chi connectivity index (χ3v) is 4.65. The number of amides is 2. The Morgan fingerprint density at radius 1 is 1.58 bits per heavy atom. The number of urea groups is 1. The third-order valence-electron chi connectivity index (χ3n) is 2.28. The molecule has 2 N–H and O–H groups in total. The smallest absolute Gasteiger partial charge is 0.315 e. The Balaban J connectivity index is 2.02. The number of thiazole rings is 1. The van der Waals surface area contributed by atoms with E-state index in [9.17, 15) is 4.79 Å². The van der Waals surface area contributed by atoms with Crippen LogP contribution < -0.4 is 10.6 Å². The first-order chi connectivity index (χ1) is 9.08. The largest absolute Gasteiger partial charge is 0.338 e. The maximum Gasteiger partial charge on any atom is 0.315 e. The molecule has 0 aliphatic rings. The Bertz CT molecular complexity index is 587. The first-order valence-electron chi connectivity index (χ1n) is 5.85. The van der Waals surface area contributed by atoms with Gasteiger partial charge in [-0.1, -0.05) is 23.4 Å². The van der Waals surface area contributed by atoms with Gasteiger partial charge in [0.15, 0.2) is 4.34 Å². The molecule has 2 amide bonds. The van der Waals surface area contributed by atoms with Crippen molar-refractivity contribution in [2.24, 2.45) is 0 Å². The Morgan fingerprint density at radius 2 is 2.37 bits per heavy atom. The second-order valence-electron chi connectivity index (χ2n) is 3.86. The molecule has 0 saturated carbocycles. The van der Waals surface area contributed by atoms with E-state index < -0.39 is 0 Å². The molecule has 1 heterocycles. The molecule has 0 saturated heterocycles. The molecule has 102 valence electrons.